The highest BCUT2D eigenvalue weighted by molar-refractivity contribution is 5.94. The third kappa shape index (κ3) is 8.98. The van der Waals surface area contributed by atoms with E-state index < -0.39 is 53.5 Å². The van der Waals surface area contributed by atoms with Crippen molar-refractivity contribution in [3.05, 3.63) is 167 Å². The summed E-state index contributed by atoms with van der Waals surface area (Å²) >= 11 is 0. The predicted octanol–water partition coefficient (Wildman–Crippen LogP) is 6.87. The number of fused-ring (bicyclic) bond motifs is 3. The minimum absolute atomic E-state index is 0.0102. The first-order valence-corrected chi connectivity index (χ1v) is 18.6. The Labute approximate surface area is 327 Å². The topological polar surface area (TPSA) is 132 Å². The molecule has 1 aliphatic rings. The molecule has 0 aromatic heterocycles. The van der Waals surface area contributed by atoms with Gasteiger partial charge in [-0.1, -0.05) is 140 Å². The summed E-state index contributed by atoms with van der Waals surface area (Å²) in [4.78, 5) is 55.0. The Balaban J connectivity index is 1.29. The van der Waals surface area contributed by atoms with Crippen LogP contribution in [0.15, 0.2) is 140 Å². The fourth-order valence-corrected chi connectivity index (χ4v) is 7.13. The van der Waals surface area contributed by atoms with Crippen molar-refractivity contribution in [2.24, 2.45) is 0 Å². The maximum absolute atomic E-state index is 14.5. The van der Waals surface area contributed by atoms with E-state index in [2.05, 4.69) is 16.0 Å². The van der Waals surface area contributed by atoms with Crippen molar-refractivity contribution in [1.82, 2.24) is 16.0 Å². The number of carbonyl (C=O) groups is 4. The molecule has 0 aliphatic heterocycles. The smallest absolute Gasteiger partial charge is 0.407 e. The molecule has 6 rings (SSSR count). The zero-order valence-electron chi connectivity index (χ0n) is 32.0. The Kier molecular flexibility index (Phi) is 12.3. The molecule has 0 bridgehead atoms. The van der Waals surface area contributed by atoms with Crippen LogP contribution in [0.2, 0.25) is 0 Å². The van der Waals surface area contributed by atoms with E-state index in [0.29, 0.717) is 0 Å². The zero-order valence-corrected chi connectivity index (χ0v) is 32.0. The molecule has 10 nitrogen and oxygen atoms in total. The normalized spacial score (nSPS) is 13.4. The van der Waals surface area contributed by atoms with Crippen LogP contribution in [0, 0.1) is 0 Å². The molecule has 0 radical (unpaired) electrons. The van der Waals surface area contributed by atoms with Gasteiger partial charge in [-0.15, -0.1) is 0 Å². The second-order valence-corrected chi connectivity index (χ2v) is 14.6. The van der Waals surface area contributed by atoms with Crippen LogP contribution in [-0.4, -0.2) is 61.9 Å². The molecule has 0 unspecified atom stereocenters. The maximum atomic E-state index is 14.5. The highest BCUT2D eigenvalue weighted by atomic mass is 16.5. The summed E-state index contributed by atoms with van der Waals surface area (Å²) in [6.45, 7) is 5.23. The summed E-state index contributed by atoms with van der Waals surface area (Å²) in [5, 5.41) is 8.52. The van der Waals surface area contributed by atoms with E-state index in [4.69, 9.17) is 14.2 Å². The number of hydrogen-bond acceptors (Lipinski definition) is 7. The van der Waals surface area contributed by atoms with Gasteiger partial charge < -0.3 is 30.2 Å². The van der Waals surface area contributed by atoms with E-state index in [0.717, 1.165) is 38.9 Å². The first-order valence-electron chi connectivity index (χ1n) is 18.6. The number of methoxy groups -OCH3 is 1. The number of nitrogens with one attached hydrogen (secondary N) is 3. The lowest BCUT2D eigenvalue weighted by molar-refractivity contribution is -0.148. The van der Waals surface area contributed by atoms with Gasteiger partial charge in [-0.05, 0) is 59.7 Å². The Bertz CT molecular complexity index is 1990. The molecule has 288 valence electrons. The minimum Gasteiger partial charge on any atom is -0.467 e. The highest BCUT2D eigenvalue weighted by Crippen LogP contribution is 2.44. The predicted molar refractivity (Wildman–Crippen MR) is 214 cm³/mol. The maximum Gasteiger partial charge on any atom is 0.407 e. The number of benzene rings is 5. The SMILES string of the molecule is COC(=O)[C@H](COC(C)(C)C)NC(=O)[C@H](CC(=O)NC(c1ccccc1)(c1ccccc1)c1ccccc1)NC(=O)OCC1c2ccccc2-c2ccccc21. The van der Waals surface area contributed by atoms with Crippen molar-refractivity contribution < 1.29 is 33.4 Å². The summed E-state index contributed by atoms with van der Waals surface area (Å²) in [5.41, 5.74) is 4.70. The fourth-order valence-electron chi connectivity index (χ4n) is 7.13. The Morgan fingerprint density at radius 3 is 1.55 bits per heavy atom. The third-order valence-corrected chi connectivity index (χ3v) is 9.77. The molecule has 2 atom stereocenters. The quantitative estimate of drug-likeness (QED) is 0.0834. The van der Waals surface area contributed by atoms with Gasteiger partial charge in [0.05, 0.1) is 25.7 Å². The lowest BCUT2D eigenvalue weighted by Gasteiger charge is -2.37. The van der Waals surface area contributed by atoms with Crippen molar-refractivity contribution in [3.8, 4) is 11.1 Å². The van der Waals surface area contributed by atoms with Crippen molar-refractivity contribution >= 4 is 23.9 Å². The molecule has 0 spiro atoms. The molecule has 0 saturated carbocycles. The van der Waals surface area contributed by atoms with E-state index in [1.807, 2.05) is 160 Å². The molecule has 5 aromatic carbocycles. The standard InChI is InChI=1S/C46H47N3O7/c1-45(2,3)56-30-40(43(52)54-4)47-42(51)39(48-44(53)55-29-38-36-26-16-14-24-34(36)35-25-15-17-27-37(35)38)28-41(50)49-46(31-18-8-5-9-19-31,32-20-10-6-11-21-32)33-22-12-7-13-23-33/h5-27,38-40H,28-30H2,1-4H3,(H,47,51)(H,48,53)(H,49,50)/t39-,40-/m0/s1. The summed E-state index contributed by atoms with van der Waals surface area (Å²) in [5.74, 6) is -2.33. The number of alkyl carbamates (subject to hydrolysis) is 1. The van der Waals surface area contributed by atoms with Gasteiger partial charge in [-0.3, -0.25) is 9.59 Å². The monoisotopic (exact) mass is 753 g/mol. The van der Waals surface area contributed by atoms with Gasteiger partial charge in [0.1, 0.15) is 18.2 Å². The number of ether oxygens (including phenoxy) is 3. The molecule has 0 heterocycles. The van der Waals surface area contributed by atoms with Gasteiger partial charge in [-0.25, -0.2) is 9.59 Å². The van der Waals surface area contributed by atoms with Crippen LogP contribution in [0.4, 0.5) is 4.79 Å². The molecule has 10 heteroatoms. The van der Waals surface area contributed by atoms with E-state index in [9.17, 15) is 19.2 Å². The first kappa shape index (κ1) is 39.4. The highest BCUT2D eigenvalue weighted by Gasteiger charge is 2.39. The number of esters is 1. The first-order chi connectivity index (χ1) is 27.0. The van der Waals surface area contributed by atoms with E-state index in [1.165, 1.54) is 7.11 Å². The van der Waals surface area contributed by atoms with Crippen LogP contribution in [0.25, 0.3) is 11.1 Å². The van der Waals surface area contributed by atoms with E-state index >= 15 is 0 Å². The van der Waals surface area contributed by atoms with Crippen molar-refractivity contribution in [2.45, 2.75) is 56.3 Å². The molecule has 3 N–H and O–H groups in total. The molecular weight excluding hydrogens is 707 g/mol. The molecule has 0 saturated heterocycles. The van der Waals surface area contributed by atoms with Gasteiger partial charge in [0.15, 0.2) is 6.04 Å². The average Bonchev–Trinajstić information content (AvgIpc) is 3.54. The van der Waals surface area contributed by atoms with Crippen LogP contribution < -0.4 is 16.0 Å². The Morgan fingerprint density at radius 2 is 1.09 bits per heavy atom. The molecule has 3 amide bonds. The lowest BCUT2D eigenvalue weighted by atomic mass is 9.77. The zero-order chi connectivity index (χ0) is 39.7. The second-order valence-electron chi connectivity index (χ2n) is 14.6. The van der Waals surface area contributed by atoms with Crippen LogP contribution in [0.3, 0.4) is 0 Å². The molecule has 0 fully saturated rings. The van der Waals surface area contributed by atoms with Crippen molar-refractivity contribution in [2.75, 3.05) is 20.3 Å². The van der Waals surface area contributed by atoms with Gasteiger partial charge in [0.2, 0.25) is 11.8 Å². The summed E-state index contributed by atoms with van der Waals surface area (Å²) in [7, 11) is 1.20. The van der Waals surface area contributed by atoms with E-state index in [-0.39, 0.29) is 19.1 Å². The summed E-state index contributed by atoms with van der Waals surface area (Å²) < 4.78 is 16.6. The number of hydrogen-bond donors (Lipinski definition) is 3. The van der Waals surface area contributed by atoms with Crippen molar-refractivity contribution in [1.29, 1.82) is 0 Å². The second kappa shape index (κ2) is 17.5. The molecule has 5 aromatic rings. The summed E-state index contributed by atoms with van der Waals surface area (Å²) in [6.07, 6.45) is -1.40. The largest absolute Gasteiger partial charge is 0.467 e. The molecule has 1 aliphatic carbocycles. The van der Waals surface area contributed by atoms with Crippen LogP contribution in [0.1, 0.15) is 60.9 Å². The number of rotatable bonds is 14. The van der Waals surface area contributed by atoms with Gasteiger partial charge in [0.25, 0.3) is 0 Å². The lowest BCUT2D eigenvalue weighted by Crippen LogP contribution is -2.56. The number of carbonyl (C=O) groups excluding carboxylic acids is 4. The van der Waals surface area contributed by atoms with Gasteiger partial charge in [0, 0.05) is 5.92 Å². The van der Waals surface area contributed by atoms with E-state index in [1.54, 1.807) is 0 Å². The van der Waals surface area contributed by atoms with Crippen LogP contribution in [-0.2, 0) is 34.1 Å². The number of amides is 3. The molecule has 56 heavy (non-hydrogen) atoms. The van der Waals surface area contributed by atoms with Crippen LogP contribution in [0.5, 0.6) is 0 Å². The average molecular weight is 754 g/mol. The third-order valence-electron chi connectivity index (χ3n) is 9.77. The Hall–Kier alpha value is -6.26. The van der Waals surface area contributed by atoms with Gasteiger partial charge in [-0.2, -0.15) is 0 Å². The van der Waals surface area contributed by atoms with Crippen molar-refractivity contribution in [3.63, 3.8) is 0 Å². The Morgan fingerprint density at radius 1 is 0.625 bits per heavy atom. The minimum atomic E-state index is -1.47. The van der Waals surface area contributed by atoms with Crippen LogP contribution >= 0.6 is 0 Å². The fraction of sp³-hybridized carbons (Fsp3) is 0.261. The molecular formula is C46H47N3O7. The van der Waals surface area contributed by atoms with Gasteiger partial charge >= 0.3 is 12.1 Å². The summed E-state index contributed by atoms with van der Waals surface area (Å²) in [6, 6.07) is 41.8.